The van der Waals surface area contributed by atoms with E-state index in [-0.39, 0.29) is 6.03 Å². The molecule has 0 spiro atoms. The van der Waals surface area contributed by atoms with Gasteiger partial charge in [0.2, 0.25) is 0 Å². The standard InChI is InChI=1S/C15H24N6O/c1-18(2)15(22)21-9-7-20(8-10-21)14-11-13(16-12-17-14)19-5-3-4-6-19/h11-12H,3-10H2,1-2H3. The molecule has 0 bridgehead atoms. The van der Waals surface area contributed by atoms with Gasteiger partial charge in [-0.1, -0.05) is 0 Å². The first-order valence-electron chi connectivity index (χ1n) is 7.93. The lowest BCUT2D eigenvalue weighted by Gasteiger charge is -2.36. The van der Waals surface area contributed by atoms with Crippen molar-refractivity contribution in [2.75, 3.05) is 63.2 Å². The fourth-order valence-corrected chi connectivity index (χ4v) is 3.04. The first-order valence-corrected chi connectivity index (χ1v) is 7.93. The van der Waals surface area contributed by atoms with E-state index < -0.39 is 0 Å². The van der Waals surface area contributed by atoms with Gasteiger partial charge < -0.3 is 19.6 Å². The van der Waals surface area contributed by atoms with Crippen LogP contribution in [0.25, 0.3) is 0 Å². The van der Waals surface area contributed by atoms with Crippen LogP contribution in [0.5, 0.6) is 0 Å². The summed E-state index contributed by atoms with van der Waals surface area (Å²) >= 11 is 0. The van der Waals surface area contributed by atoms with Gasteiger partial charge in [-0.15, -0.1) is 0 Å². The number of anilines is 2. The van der Waals surface area contributed by atoms with Crippen molar-refractivity contribution in [1.82, 2.24) is 19.8 Å². The van der Waals surface area contributed by atoms with E-state index in [0.717, 1.165) is 50.9 Å². The minimum absolute atomic E-state index is 0.0834. The summed E-state index contributed by atoms with van der Waals surface area (Å²) in [7, 11) is 3.59. The molecule has 3 rings (SSSR count). The summed E-state index contributed by atoms with van der Waals surface area (Å²) in [5.74, 6) is 1.99. The van der Waals surface area contributed by atoms with Gasteiger partial charge in [0.25, 0.3) is 0 Å². The molecule has 2 aliphatic rings. The Morgan fingerprint density at radius 2 is 1.50 bits per heavy atom. The molecule has 2 aliphatic heterocycles. The molecule has 2 amide bonds. The number of hydrogen-bond donors (Lipinski definition) is 0. The molecule has 1 aromatic heterocycles. The average molecular weight is 304 g/mol. The predicted molar refractivity (Wildman–Crippen MR) is 86.3 cm³/mol. The van der Waals surface area contributed by atoms with Crippen LogP contribution in [0, 0.1) is 0 Å². The lowest BCUT2D eigenvalue weighted by Crippen LogP contribution is -2.51. The number of hydrogen-bond acceptors (Lipinski definition) is 5. The van der Waals surface area contributed by atoms with Crippen LogP contribution in [0.3, 0.4) is 0 Å². The zero-order chi connectivity index (χ0) is 15.5. The number of amides is 2. The Morgan fingerprint density at radius 1 is 0.955 bits per heavy atom. The maximum Gasteiger partial charge on any atom is 0.319 e. The third-order valence-corrected chi connectivity index (χ3v) is 4.33. The van der Waals surface area contributed by atoms with E-state index in [2.05, 4.69) is 25.8 Å². The Hall–Kier alpha value is -2.05. The second-order valence-electron chi connectivity index (χ2n) is 6.08. The van der Waals surface area contributed by atoms with Gasteiger partial charge in [-0.3, -0.25) is 0 Å². The summed E-state index contributed by atoms with van der Waals surface area (Å²) in [6, 6.07) is 2.16. The molecule has 0 unspecified atom stereocenters. The quantitative estimate of drug-likeness (QED) is 0.812. The molecule has 2 fully saturated rings. The van der Waals surface area contributed by atoms with E-state index in [1.807, 2.05) is 4.90 Å². The summed E-state index contributed by atoms with van der Waals surface area (Å²) in [4.78, 5) is 28.9. The number of carbonyl (C=O) groups is 1. The van der Waals surface area contributed by atoms with Crippen molar-refractivity contribution in [1.29, 1.82) is 0 Å². The zero-order valence-electron chi connectivity index (χ0n) is 13.4. The maximum atomic E-state index is 12.0. The predicted octanol–water partition coefficient (Wildman–Crippen LogP) is 0.880. The monoisotopic (exact) mass is 304 g/mol. The fraction of sp³-hybridized carbons (Fsp3) is 0.667. The molecule has 0 N–H and O–H groups in total. The largest absolute Gasteiger partial charge is 0.356 e. The van der Waals surface area contributed by atoms with Crippen molar-refractivity contribution in [3.63, 3.8) is 0 Å². The first-order chi connectivity index (χ1) is 10.6. The molecule has 22 heavy (non-hydrogen) atoms. The molecule has 0 aliphatic carbocycles. The Labute approximate surface area is 131 Å². The van der Waals surface area contributed by atoms with Gasteiger partial charge in [-0.25, -0.2) is 14.8 Å². The third-order valence-electron chi connectivity index (χ3n) is 4.33. The Kier molecular flexibility index (Phi) is 4.31. The molecule has 120 valence electrons. The molecule has 7 nitrogen and oxygen atoms in total. The van der Waals surface area contributed by atoms with Crippen LogP contribution in [-0.4, -0.2) is 79.2 Å². The van der Waals surface area contributed by atoms with E-state index in [1.165, 1.54) is 12.8 Å². The van der Waals surface area contributed by atoms with Gasteiger partial charge in [-0.2, -0.15) is 0 Å². The number of nitrogens with zero attached hydrogens (tertiary/aromatic N) is 6. The van der Waals surface area contributed by atoms with Crippen LogP contribution in [-0.2, 0) is 0 Å². The van der Waals surface area contributed by atoms with Gasteiger partial charge in [0.15, 0.2) is 0 Å². The smallest absolute Gasteiger partial charge is 0.319 e. The summed E-state index contributed by atoms with van der Waals surface area (Å²) in [6.07, 6.45) is 4.13. The summed E-state index contributed by atoms with van der Waals surface area (Å²) in [5, 5.41) is 0. The third kappa shape index (κ3) is 3.08. The molecule has 0 aromatic carbocycles. The molecule has 0 saturated carbocycles. The van der Waals surface area contributed by atoms with E-state index in [0.29, 0.717) is 0 Å². The Morgan fingerprint density at radius 3 is 2.05 bits per heavy atom. The SMILES string of the molecule is CN(C)C(=O)N1CCN(c2cc(N3CCCC3)ncn2)CC1. The molecule has 7 heteroatoms. The first kappa shape index (κ1) is 14.9. The fourth-order valence-electron chi connectivity index (χ4n) is 3.04. The molecule has 2 saturated heterocycles. The van der Waals surface area contributed by atoms with E-state index in [4.69, 9.17) is 0 Å². The maximum absolute atomic E-state index is 12.0. The number of piperazine rings is 1. The van der Waals surface area contributed by atoms with E-state index in [1.54, 1.807) is 25.3 Å². The number of urea groups is 1. The van der Waals surface area contributed by atoms with Crippen LogP contribution in [0.15, 0.2) is 12.4 Å². The van der Waals surface area contributed by atoms with Gasteiger partial charge in [0.05, 0.1) is 0 Å². The minimum Gasteiger partial charge on any atom is -0.356 e. The van der Waals surface area contributed by atoms with E-state index >= 15 is 0 Å². The number of aromatic nitrogens is 2. The summed E-state index contributed by atoms with van der Waals surface area (Å²) < 4.78 is 0. The summed E-state index contributed by atoms with van der Waals surface area (Å²) in [6.45, 7) is 5.27. The normalized spacial score (nSPS) is 18.7. The highest BCUT2D eigenvalue weighted by atomic mass is 16.2. The average Bonchev–Trinajstić information content (AvgIpc) is 3.09. The van der Waals surface area contributed by atoms with Crippen molar-refractivity contribution in [3.05, 3.63) is 12.4 Å². The number of rotatable bonds is 2. The van der Waals surface area contributed by atoms with Crippen LogP contribution < -0.4 is 9.80 Å². The van der Waals surface area contributed by atoms with Gasteiger partial charge in [-0.05, 0) is 12.8 Å². The van der Waals surface area contributed by atoms with Crippen molar-refractivity contribution in [3.8, 4) is 0 Å². The molecule has 1 aromatic rings. The van der Waals surface area contributed by atoms with Crippen LogP contribution in [0.1, 0.15) is 12.8 Å². The molecular weight excluding hydrogens is 280 g/mol. The molecule has 0 atom stereocenters. The van der Waals surface area contributed by atoms with Gasteiger partial charge in [0, 0.05) is 59.4 Å². The van der Waals surface area contributed by atoms with Crippen molar-refractivity contribution >= 4 is 17.7 Å². The second kappa shape index (κ2) is 6.37. The molecule has 0 radical (unpaired) electrons. The van der Waals surface area contributed by atoms with Gasteiger partial charge >= 0.3 is 6.03 Å². The van der Waals surface area contributed by atoms with E-state index in [9.17, 15) is 4.79 Å². The lowest BCUT2D eigenvalue weighted by atomic mass is 10.3. The second-order valence-corrected chi connectivity index (χ2v) is 6.08. The highest BCUT2D eigenvalue weighted by Crippen LogP contribution is 2.22. The Balaban J connectivity index is 1.63. The minimum atomic E-state index is 0.0834. The zero-order valence-corrected chi connectivity index (χ0v) is 13.4. The van der Waals surface area contributed by atoms with Crippen LogP contribution in [0.4, 0.5) is 16.4 Å². The van der Waals surface area contributed by atoms with Crippen molar-refractivity contribution < 1.29 is 4.79 Å². The highest BCUT2D eigenvalue weighted by Gasteiger charge is 2.23. The van der Waals surface area contributed by atoms with Gasteiger partial charge in [0.1, 0.15) is 18.0 Å². The lowest BCUT2D eigenvalue weighted by molar-refractivity contribution is 0.168. The molecular formula is C15H24N6O. The Bertz CT molecular complexity index is 521. The topological polar surface area (TPSA) is 55.8 Å². The van der Waals surface area contributed by atoms with Crippen molar-refractivity contribution in [2.45, 2.75) is 12.8 Å². The van der Waals surface area contributed by atoms with Crippen molar-refractivity contribution in [2.24, 2.45) is 0 Å². The van der Waals surface area contributed by atoms with Crippen LogP contribution in [0.2, 0.25) is 0 Å². The highest BCUT2D eigenvalue weighted by molar-refractivity contribution is 5.74. The van der Waals surface area contributed by atoms with Crippen LogP contribution >= 0.6 is 0 Å². The summed E-state index contributed by atoms with van der Waals surface area (Å²) in [5.41, 5.74) is 0. The number of carbonyl (C=O) groups excluding carboxylic acids is 1. The molecule has 3 heterocycles.